The fourth-order valence-electron chi connectivity index (χ4n) is 6.99. The molecule has 5 aliphatic rings. The van der Waals surface area contributed by atoms with Gasteiger partial charge < -0.3 is 5.32 Å². The molecule has 30 heavy (non-hydrogen) atoms. The number of carbonyl (C=O) groups is 1. The van der Waals surface area contributed by atoms with Crippen LogP contribution in [0, 0.1) is 30.6 Å². The number of amides is 1. The summed E-state index contributed by atoms with van der Waals surface area (Å²) in [6, 6.07) is 4.95. The SMILES string of the molecule is Cc1ccc(Cl)cc1S(=O)(=O)N1CCC[C@@H](C(=O)NC23CC4CC(CC(C4)C2)C3)C1. The van der Waals surface area contributed by atoms with Gasteiger partial charge in [-0.15, -0.1) is 0 Å². The van der Waals surface area contributed by atoms with E-state index in [4.69, 9.17) is 11.6 Å². The molecule has 164 valence electrons. The molecule has 5 fully saturated rings. The van der Waals surface area contributed by atoms with Gasteiger partial charge in [0.25, 0.3) is 0 Å². The Kier molecular flexibility index (Phi) is 5.19. The van der Waals surface area contributed by atoms with E-state index >= 15 is 0 Å². The van der Waals surface area contributed by atoms with Crippen LogP contribution in [0.3, 0.4) is 0 Å². The monoisotopic (exact) mass is 450 g/mol. The highest BCUT2D eigenvalue weighted by molar-refractivity contribution is 7.89. The predicted octanol–water partition coefficient (Wildman–Crippen LogP) is 4.13. The molecule has 0 radical (unpaired) electrons. The average molecular weight is 451 g/mol. The van der Waals surface area contributed by atoms with Crippen LogP contribution in [0.5, 0.6) is 0 Å². The smallest absolute Gasteiger partial charge is 0.243 e. The summed E-state index contributed by atoms with van der Waals surface area (Å²) in [6.45, 7) is 2.49. The zero-order valence-corrected chi connectivity index (χ0v) is 19.1. The number of piperidine rings is 1. The maximum Gasteiger partial charge on any atom is 0.243 e. The number of nitrogens with zero attached hydrogens (tertiary/aromatic N) is 1. The van der Waals surface area contributed by atoms with Crippen LogP contribution in [0.25, 0.3) is 0 Å². The molecule has 4 aliphatic carbocycles. The Bertz CT molecular complexity index is 926. The second-order valence-corrected chi connectivity index (χ2v) is 12.6. The quantitative estimate of drug-likeness (QED) is 0.749. The molecule has 4 bridgehead atoms. The first-order chi connectivity index (χ1) is 14.2. The summed E-state index contributed by atoms with van der Waals surface area (Å²) < 4.78 is 28.0. The van der Waals surface area contributed by atoms with E-state index in [-0.39, 0.29) is 28.8 Å². The molecular weight excluding hydrogens is 420 g/mol. The van der Waals surface area contributed by atoms with E-state index in [1.165, 1.54) is 29.6 Å². The van der Waals surface area contributed by atoms with Gasteiger partial charge in [-0.1, -0.05) is 17.7 Å². The van der Waals surface area contributed by atoms with Crippen LogP contribution in [0.2, 0.25) is 5.02 Å². The van der Waals surface area contributed by atoms with Gasteiger partial charge in [0.05, 0.1) is 10.8 Å². The zero-order chi connectivity index (χ0) is 21.1. The summed E-state index contributed by atoms with van der Waals surface area (Å²) >= 11 is 6.07. The van der Waals surface area contributed by atoms with Crippen LogP contribution in [-0.2, 0) is 14.8 Å². The van der Waals surface area contributed by atoms with Crippen LogP contribution in [0.15, 0.2) is 23.1 Å². The van der Waals surface area contributed by atoms with E-state index in [2.05, 4.69) is 5.32 Å². The molecule has 1 aromatic rings. The summed E-state index contributed by atoms with van der Waals surface area (Å²) in [4.78, 5) is 13.5. The fourth-order valence-corrected chi connectivity index (χ4v) is 9.00. The third kappa shape index (κ3) is 3.69. The highest BCUT2D eigenvalue weighted by Gasteiger charge is 2.52. The van der Waals surface area contributed by atoms with E-state index < -0.39 is 10.0 Å². The van der Waals surface area contributed by atoms with Gasteiger partial charge in [0.2, 0.25) is 15.9 Å². The molecule has 1 amide bonds. The fraction of sp³-hybridized carbons (Fsp3) is 0.696. The molecule has 0 aromatic heterocycles. The third-order valence-electron chi connectivity index (χ3n) is 7.95. The molecule has 1 N–H and O–H groups in total. The van der Waals surface area contributed by atoms with Crippen LogP contribution < -0.4 is 5.32 Å². The van der Waals surface area contributed by atoms with Crippen molar-refractivity contribution in [1.82, 2.24) is 9.62 Å². The number of benzene rings is 1. The lowest BCUT2D eigenvalue weighted by molar-refractivity contribution is -0.131. The molecule has 1 aromatic carbocycles. The second-order valence-electron chi connectivity index (χ2n) is 10.3. The molecule has 4 saturated carbocycles. The number of hydrogen-bond donors (Lipinski definition) is 1. The number of nitrogens with one attached hydrogen (secondary N) is 1. The van der Waals surface area contributed by atoms with E-state index in [9.17, 15) is 13.2 Å². The largest absolute Gasteiger partial charge is 0.350 e. The van der Waals surface area contributed by atoms with E-state index in [0.29, 0.717) is 23.6 Å². The van der Waals surface area contributed by atoms with Gasteiger partial charge >= 0.3 is 0 Å². The Morgan fingerprint density at radius 3 is 2.40 bits per heavy atom. The maximum atomic E-state index is 13.3. The van der Waals surface area contributed by atoms with Crippen molar-refractivity contribution in [2.24, 2.45) is 23.7 Å². The Labute approximate surface area is 184 Å². The van der Waals surface area contributed by atoms with Crippen molar-refractivity contribution >= 4 is 27.5 Å². The average Bonchev–Trinajstić information content (AvgIpc) is 2.68. The highest BCUT2D eigenvalue weighted by Crippen LogP contribution is 2.55. The molecule has 1 heterocycles. The number of halogens is 1. The lowest BCUT2D eigenvalue weighted by Crippen LogP contribution is -2.61. The van der Waals surface area contributed by atoms with Crippen molar-refractivity contribution in [3.05, 3.63) is 28.8 Å². The topological polar surface area (TPSA) is 66.5 Å². The van der Waals surface area contributed by atoms with Gasteiger partial charge in [-0.05, 0) is 93.7 Å². The van der Waals surface area contributed by atoms with E-state index in [1.807, 2.05) is 0 Å². The molecule has 6 rings (SSSR count). The molecule has 5 nitrogen and oxygen atoms in total. The Morgan fingerprint density at radius 1 is 1.13 bits per heavy atom. The first kappa shape index (κ1) is 20.8. The van der Waals surface area contributed by atoms with Crippen molar-refractivity contribution < 1.29 is 13.2 Å². The Morgan fingerprint density at radius 2 is 1.77 bits per heavy atom. The summed E-state index contributed by atoms with van der Waals surface area (Å²) in [5.41, 5.74) is 0.649. The minimum atomic E-state index is -3.67. The molecule has 1 aliphatic heterocycles. The maximum absolute atomic E-state index is 13.3. The minimum Gasteiger partial charge on any atom is -0.350 e. The van der Waals surface area contributed by atoms with Crippen LogP contribution in [0.4, 0.5) is 0 Å². The second kappa shape index (κ2) is 7.49. The summed E-state index contributed by atoms with van der Waals surface area (Å²) in [7, 11) is -3.67. The lowest BCUT2D eigenvalue weighted by atomic mass is 9.53. The summed E-state index contributed by atoms with van der Waals surface area (Å²) in [5, 5.41) is 3.85. The van der Waals surface area contributed by atoms with Gasteiger partial charge in [-0.25, -0.2) is 8.42 Å². The molecule has 0 unspecified atom stereocenters. The van der Waals surface area contributed by atoms with Crippen LogP contribution >= 0.6 is 11.6 Å². The van der Waals surface area contributed by atoms with Gasteiger partial charge in [0, 0.05) is 23.7 Å². The minimum absolute atomic E-state index is 0.0312. The Balaban J connectivity index is 1.31. The number of sulfonamides is 1. The van der Waals surface area contributed by atoms with E-state index in [1.54, 1.807) is 19.1 Å². The molecule has 1 saturated heterocycles. The number of hydrogen-bond acceptors (Lipinski definition) is 3. The normalized spacial score (nSPS) is 36.1. The van der Waals surface area contributed by atoms with Gasteiger partial charge in [-0.2, -0.15) is 4.31 Å². The van der Waals surface area contributed by atoms with Gasteiger partial charge in [-0.3, -0.25) is 4.79 Å². The summed E-state index contributed by atoms with van der Waals surface area (Å²) in [5.74, 6) is 2.09. The first-order valence-corrected chi connectivity index (χ1v) is 13.1. The predicted molar refractivity (Wildman–Crippen MR) is 117 cm³/mol. The zero-order valence-electron chi connectivity index (χ0n) is 17.6. The van der Waals surface area contributed by atoms with Crippen molar-refractivity contribution in [3.63, 3.8) is 0 Å². The first-order valence-electron chi connectivity index (χ1n) is 11.3. The molecule has 7 heteroatoms. The van der Waals surface area contributed by atoms with Crippen LogP contribution in [-0.4, -0.2) is 37.3 Å². The standard InChI is InChI=1S/C23H31ClN2O3S/c1-15-4-5-20(24)10-21(15)30(28,29)26-6-2-3-19(14-26)22(27)25-23-11-16-7-17(12-23)9-18(8-16)13-23/h4-5,10,16-19H,2-3,6-9,11-14H2,1H3,(H,25,27)/t16?,17?,18?,19-,23?/m1/s1. The number of carbonyl (C=O) groups excluding carboxylic acids is 1. The number of rotatable bonds is 4. The van der Waals surface area contributed by atoms with Crippen molar-refractivity contribution in [2.75, 3.05) is 13.1 Å². The van der Waals surface area contributed by atoms with Crippen LogP contribution in [0.1, 0.15) is 56.9 Å². The van der Waals surface area contributed by atoms with Crippen molar-refractivity contribution in [2.45, 2.75) is 68.7 Å². The summed E-state index contributed by atoms with van der Waals surface area (Å²) in [6.07, 6.45) is 8.80. The Hall–Kier alpha value is -1.11. The lowest BCUT2D eigenvalue weighted by Gasteiger charge is -2.57. The van der Waals surface area contributed by atoms with Crippen molar-refractivity contribution in [3.8, 4) is 0 Å². The van der Waals surface area contributed by atoms with Crippen molar-refractivity contribution in [1.29, 1.82) is 0 Å². The highest BCUT2D eigenvalue weighted by atomic mass is 35.5. The third-order valence-corrected chi connectivity index (χ3v) is 10.2. The van der Waals surface area contributed by atoms with Gasteiger partial charge in [0.15, 0.2) is 0 Å². The molecule has 1 atom stereocenters. The van der Waals surface area contributed by atoms with E-state index in [0.717, 1.165) is 43.4 Å². The molecular formula is C23H31ClN2O3S. The van der Waals surface area contributed by atoms with Gasteiger partial charge in [0.1, 0.15) is 0 Å². The molecule has 0 spiro atoms. The number of aryl methyl sites for hydroxylation is 1.